The maximum atomic E-state index is 13.0. The van der Waals surface area contributed by atoms with Crippen LogP contribution >= 0.6 is 0 Å². The van der Waals surface area contributed by atoms with Crippen molar-refractivity contribution in [3.63, 3.8) is 0 Å². The van der Waals surface area contributed by atoms with Crippen molar-refractivity contribution in [3.8, 4) is 11.8 Å². The van der Waals surface area contributed by atoms with E-state index >= 15 is 0 Å². The average molecular weight is 1820 g/mol. The monoisotopic (exact) mass is 1820 g/mol. The van der Waals surface area contributed by atoms with Crippen LogP contribution in [0.15, 0.2) is 47.5 Å². The molecule has 0 unspecified atom stereocenters. The normalized spacial score (nSPS) is 12.3. The molecule has 2 nitrogen and oxygen atoms in total. The number of unbranched alkanes of at least 4 members (excludes halogenated alkanes) is 84. The Bertz CT molecular complexity index is 2650. The van der Waals surface area contributed by atoms with Crippen LogP contribution in [0, 0.1) is 11.8 Å². The van der Waals surface area contributed by atoms with Crippen LogP contribution < -0.4 is 0 Å². The Morgan fingerprint density at radius 1 is 0.195 bits per heavy atom. The predicted octanol–water partition coefficient (Wildman–Crippen LogP) is 45.4. The Morgan fingerprint density at radius 3 is 0.594 bits per heavy atom. The van der Waals surface area contributed by atoms with E-state index in [0.29, 0.717) is 0 Å². The quantitative estimate of drug-likeness (QED) is 0.0273. The van der Waals surface area contributed by atoms with E-state index in [1.165, 1.54) is 609 Å². The van der Waals surface area contributed by atoms with Crippen LogP contribution in [0.25, 0.3) is 16.9 Å². The first kappa shape index (κ1) is 122. The maximum absolute atomic E-state index is 13.0. The molecule has 0 amide bonds. The van der Waals surface area contributed by atoms with Gasteiger partial charge in [0.1, 0.15) is 5.57 Å². The number of benzene rings is 2. The predicted molar refractivity (Wildman–Crippen MR) is 577 cm³/mol. The molecule has 1 heterocycles. The van der Waals surface area contributed by atoms with E-state index in [2.05, 4.69) is 118 Å². The molecule has 0 spiro atoms. The molecule has 3 heteroatoms. The summed E-state index contributed by atoms with van der Waals surface area (Å²) in [6.07, 6.45) is 135. The van der Waals surface area contributed by atoms with Gasteiger partial charge in [-0.05, 0) is 117 Å². The van der Waals surface area contributed by atoms with Gasteiger partial charge >= 0.3 is 166 Å². The molecule has 0 saturated heterocycles. The second kappa shape index (κ2) is 99.1. The van der Waals surface area contributed by atoms with Gasteiger partial charge in [-0.2, -0.15) is 0 Å². The van der Waals surface area contributed by atoms with Gasteiger partial charge in [0.05, 0.1) is 0 Å². The number of hydrogen-bond acceptors (Lipinski definition) is 0. The molecule has 128 heavy (non-hydrogen) atoms. The summed E-state index contributed by atoms with van der Waals surface area (Å²) in [5.41, 5.74) is 25.3. The summed E-state index contributed by atoms with van der Waals surface area (Å²) >= 11 is 2.05. The Labute approximate surface area is 812 Å². The number of allylic oxidation sites excluding steroid dienone is 2. The Balaban J connectivity index is 0.000000890. The summed E-state index contributed by atoms with van der Waals surface area (Å²) in [6.45, 7) is 18.5. The topological polar surface area (TPSA) is 25.3 Å². The summed E-state index contributed by atoms with van der Waals surface area (Å²) in [6, 6.07) is 14.8. The fourth-order valence-electron chi connectivity index (χ4n) is 20.1. The van der Waals surface area contributed by atoms with Crippen molar-refractivity contribution in [2.75, 3.05) is 0 Å². The van der Waals surface area contributed by atoms with E-state index in [9.17, 15) is 5.53 Å². The third kappa shape index (κ3) is 75.7. The third-order valence-corrected chi connectivity index (χ3v) is 30.1. The first-order valence-corrected chi connectivity index (χ1v) is 61.0. The summed E-state index contributed by atoms with van der Waals surface area (Å²) < 4.78 is 1.64. The zero-order chi connectivity index (χ0) is 91.7. The molecule has 1 aliphatic rings. The Kier molecular flexibility index (Phi) is 94.1. The number of nitrogens with zero attached hydrogens (tertiary/aromatic N) is 2. The minimum atomic E-state index is 0.924. The molecular weight excluding hydrogens is 1590 g/mol. The van der Waals surface area contributed by atoms with Gasteiger partial charge in [0.2, 0.25) is 11.4 Å². The molecule has 3 rings (SSSR count). The van der Waals surface area contributed by atoms with Crippen molar-refractivity contribution in [2.45, 2.75) is 689 Å². The van der Waals surface area contributed by atoms with Crippen molar-refractivity contribution < 1.29 is 19.1 Å². The van der Waals surface area contributed by atoms with Crippen molar-refractivity contribution >= 4 is 11.4 Å². The first-order valence-electron chi connectivity index (χ1n) is 59.6. The zero-order valence-electron chi connectivity index (χ0n) is 88.7. The van der Waals surface area contributed by atoms with Gasteiger partial charge in [-0.1, -0.05) is 484 Å². The zero-order valence-corrected chi connectivity index (χ0v) is 89.7. The van der Waals surface area contributed by atoms with Crippen molar-refractivity contribution in [1.29, 1.82) is 0 Å². The molecule has 2 aromatic rings. The molecule has 0 radical (unpaired) electrons. The van der Waals surface area contributed by atoms with Crippen molar-refractivity contribution in [1.82, 2.24) is 0 Å². The van der Waals surface area contributed by atoms with Crippen LogP contribution in [0.2, 0.25) is 10.8 Å². The summed E-state index contributed by atoms with van der Waals surface area (Å²) in [4.78, 5) is 0. The van der Waals surface area contributed by atoms with Crippen molar-refractivity contribution in [3.05, 3.63) is 86.5 Å². The summed E-state index contributed by atoms with van der Waals surface area (Å²) in [5.74, 6) is 7.59. The minimum Gasteiger partial charge on any atom is -0.0654 e. The van der Waals surface area contributed by atoms with E-state index in [-0.39, 0.29) is 0 Å². The van der Waals surface area contributed by atoms with E-state index < -0.39 is 0 Å². The molecule has 0 fully saturated rings. The smallest absolute Gasteiger partial charge is 0.0654 e. The Morgan fingerprint density at radius 2 is 0.375 bits per heavy atom. The number of hydrogen-bond donors (Lipinski definition) is 0. The summed E-state index contributed by atoms with van der Waals surface area (Å²) in [5, 5.41) is 2.87. The van der Waals surface area contributed by atoms with Crippen LogP contribution in [0.1, 0.15) is 686 Å². The molecule has 0 aliphatic carbocycles. The molecule has 0 saturated carbocycles. The van der Waals surface area contributed by atoms with Gasteiger partial charge in [0.25, 0.3) is 0 Å². The summed E-state index contributed by atoms with van der Waals surface area (Å²) in [7, 11) is 0. The van der Waals surface area contributed by atoms with E-state index in [4.69, 9.17) is 0 Å². The van der Waals surface area contributed by atoms with Gasteiger partial charge in [-0.3, -0.25) is 0 Å². The van der Waals surface area contributed by atoms with E-state index in [1.54, 1.807) is 4.70 Å². The van der Waals surface area contributed by atoms with Gasteiger partial charge in [0.15, 0.2) is 0 Å². The molecule has 0 bridgehead atoms. The van der Waals surface area contributed by atoms with Crippen LogP contribution in [0.4, 0.5) is 0 Å². The van der Waals surface area contributed by atoms with E-state index in [0.717, 1.165) is 80.3 Å². The molecule has 1 aliphatic heterocycles. The van der Waals surface area contributed by atoms with Gasteiger partial charge in [-0.15, -0.1) is 0 Å². The van der Waals surface area contributed by atoms with Gasteiger partial charge in [-0.25, -0.2) is 4.70 Å². The van der Waals surface area contributed by atoms with Crippen LogP contribution in [-0.4, -0.2) is 4.70 Å². The third-order valence-electron chi connectivity index (χ3n) is 28.7. The minimum absolute atomic E-state index is 0.924. The fraction of sp³-hybridized carbons (Fsp3) is 0.856. The van der Waals surface area contributed by atoms with Crippen LogP contribution in [-0.2, 0) is 40.1 Å². The Hall–Kier alpha value is -2.43. The van der Waals surface area contributed by atoms with Gasteiger partial charge < -0.3 is 5.53 Å². The number of rotatable bonds is 100. The molecular formula is C125H228N2Ni. The molecule has 0 atom stereocenters. The SMILES string of the molecule is CCCCCCCCCCCCCCCCCCCC#CC1=C(c2cc(CCCCCC)cc(CCCCCC)c2)[N+](=[N-])C(c2cc(CCCCCCCC)cc(CCCCCCCC)c2)=C1CCCC.CCCCCCCCCCCCCCCCCCCCCCCCCCC[CH2][Ni][CH2]CCCCCCCCCCCCCCCCCCCCCCCCCCC. The van der Waals surface area contributed by atoms with E-state index in [1.807, 2.05) is 0 Å². The molecule has 0 aromatic heterocycles. The van der Waals surface area contributed by atoms with Crippen molar-refractivity contribution in [2.24, 2.45) is 0 Å². The van der Waals surface area contributed by atoms with Gasteiger partial charge in [0, 0.05) is 23.1 Å². The number of aryl methyl sites for hydroxylation is 4. The first-order chi connectivity index (χ1) is 63.4. The molecule has 0 N–H and O–H groups in total. The second-order valence-corrected chi connectivity index (χ2v) is 43.0. The molecule has 2 aromatic carbocycles. The average Bonchev–Trinajstić information content (AvgIpc) is 1.60. The fourth-order valence-corrected chi connectivity index (χ4v) is 21.4. The standard InChI is InChI=1S/C69H114N2.2C28H57.Ni/c1-7-13-19-24-27-28-29-30-31-32-33-34-35-36-37-38-39-42-47-53-67-66(52-18-12-6)68(64-58-62(50-45-40-25-20-14-8-2)55-63(59-64)51-46-41-26-21-15-9-3)71(70)69(67)65-56-60(48-43-22-16-10-4)54-61(57-65)49-44-23-17-11-5;2*1-3-5-7-9-11-13-15-17-19-21-23-25-27-28-26-24-22-20-18-16-14-12-10-8-6-4-2;/h54-59H,7-46,48-52H2,1-6H3;2*1,3-28H2,2H3;. The second-order valence-electron chi connectivity index (χ2n) is 41.6. The molecule has 748 valence electrons. The van der Waals surface area contributed by atoms with Crippen LogP contribution in [0.3, 0.4) is 0 Å². The van der Waals surface area contributed by atoms with Crippen LogP contribution in [0.5, 0.6) is 0 Å².